The average Bonchev–Trinajstić information content (AvgIpc) is 2.30. The maximum absolute atomic E-state index is 11.3. The molecule has 0 radical (unpaired) electrons. The number of amides is 1. The number of hydrogen-bond acceptors (Lipinski definition) is 3. The van der Waals surface area contributed by atoms with Gasteiger partial charge in [-0.3, -0.25) is 4.79 Å². The molecule has 1 amide bonds. The fourth-order valence-electron chi connectivity index (χ4n) is 1.70. The first kappa shape index (κ1) is 13.5. The minimum Gasteiger partial charge on any atom is -0.373 e. The molecule has 0 spiro atoms. The van der Waals surface area contributed by atoms with E-state index in [1.807, 2.05) is 31.2 Å². The molecule has 17 heavy (non-hydrogen) atoms. The van der Waals surface area contributed by atoms with Gasteiger partial charge in [0.05, 0.1) is 0 Å². The van der Waals surface area contributed by atoms with E-state index < -0.39 is 0 Å². The Morgan fingerprint density at radius 2 is 2.06 bits per heavy atom. The molecule has 0 bridgehead atoms. The van der Waals surface area contributed by atoms with E-state index in [1.165, 1.54) is 0 Å². The first-order chi connectivity index (χ1) is 8.15. The molecular formula is C13H21N3O. The molecule has 4 heteroatoms. The van der Waals surface area contributed by atoms with Gasteiger partial charge in [-0.25, -0.2) is 0 Å². The quantitative estimate of drug-likeness (QED) is 0.625. The Labute approximate surface area is 102 Å². The Hall–Kier alpha value is -1.55. The molecule has 0 aliphatic rings. The Bertz CT molecular complexity index is 365. The van der Waals surface area contributed by atoms with Crippen LogP contribution < -0.4 is 16.8 Å². The number of carbonyl (C=O) groups is 1. The van der Waals surface area contributed by atoms with Crippen LogP contribution in [0.4, 0.5) is 5.69 Å². The van der Waals surface area contributed by atoms with Gasteiger partial charge in [-0.15, -0.1) is 0 Å². The minimum atomic E-state index is -0.317. The number of primary amides is 1. The standard InChI is InChI=1S/C13H21N3O/c1-10-6-2-3-7-11(10)16-12(13(15)17)8-4-5-9-14/h2-3,6-7,12,16H,4-5,8-9,14H2,1H3,(H2,15,17). The van der Waals surface area contributed by atoms with Gasteiger partial charge >= 0.3 is 0 Å². The third kappa shape index (κ3) is 4.44. The number of rotatable bonds is 7. The van der Waals surface area contributed by atoms with Gasteiger partial charge in [0, 0.05) is 5.69 Å². The molecule has 0 aliphatic carbocycles. The number of unbranched alkanes of at least 4 members (excludes halogenated alkanes) is 1. The lowest BCUT2D eigenvalue weighted by Gasteiger charge is -2.18. The summed E-state index contributed by atoms with van der Waals surface area (Å²) in [6.45, 7) is 2.65. The van der Waals surface area contributed by atoms with Crippen LogP contribution >= 0.6 is 0 Å². The monoisotopic (exact) mass is 235 g/mol. The molecule has 0 saturated carbocycles. The molecule has 0 heterocycles. The molecule has 4 nitrogen and oxygen atoms in total. The second-order valence-corrected chi connectivity index (χ2v) is 4.20. The summed E-state index contributed by atoms with van der Waals surface area (Å²) in [4.78, 5) is 11.3. The lowest BCUT2D eigenvalue weighted by atomic mass is 10.1. The lowest BCUT2D eigenvalue weighted by Crippen LogP contribution is -2.35. The largest absolute Gasteiger partial charge is 0.373 e. The molecule has 1 unspecified atom stereocenters. The van der Waals surface area contributed by atoms with Crippen molar-refractivity contribution in [1.82, 2.24) is 0 Å². The molecule has 1 rings (SSSR count). The van der Waals surface area contributed by atoms with Gasteiger partial charge in [0.25, 0.3) is 0 Å². The number of aryl methyl sites for hydroxylation is 1. The molecule has 1 aromatic rings. The Morgan fingerprint density at radius 1 is 1.35 bits per heavy atom. The van der Waals surface area contributed by atoms with E-state index in [0.29, 0.717) is 6.54 Å². The molecule has 1 aromatic carbocycles. The number of anilines is 1. The first-order valence-corrected chi connectivity index (χ1v) is 5.96. The normalized spacial score (nSPS) is 12.1. The van der Waals surface area contributed by atoms with E-state index in [1.54, 1.807) is 0 Å². The number of nitrogens with two attached hydrogens (primary N) is 2. The second-order valence-electron chi connectivity index (χ2n) is 4.20. The van der Waals surface area contributed by atoms with Gasteiger partial charge in [0.1, 0.15) is 6.04 Å². The Kier molecular flexibility index (Phi) is 5.49. The zero-order valence-corrected chi connectivity index (χ0v) is 10.3. The third-order valence-electron chi connectivity index (χ3n) is 2.77. The SMILES string of the molecule is Cc1ccccc1NC(CCCCN)C(N)=O. The Balaban J connectivity index is 2.61. The van der Waals surface area contributed by atoms with Crippen molar-refractivity contribution < 1.29 is 4.79 Å². The van der Waals surface area contributed by atoms with Gasteiger partial charge in [-0.1, -0.05) is 18.2 Å². The van der Waals surface area contributed by atoms with Crippen molar-refractivity contribution >= 4 is 11.6 Å². The van der Waals surface area contributed by atoms with Crippen LogP contribution in [0.1, 0.15) is 24.8 Å². The summed E-state index contributed by atoms with van der Waals surface area (Å²) in [7, 11) is 0. The van der Waals surface area contributed by atoms with Crippen LogP contribution in [0.2, 0.25) is 0 Å². The highest BCUT2D eigenvalue weighted by molar-refractivity contribution is 5.83. The molecule has 0 saturated heterocycles. The molecule has 94 valence electrons. The molecule has 5 N–H and O–H groups in total. The van der Waals surface area contributed by atoms with Gasteiger partial charge in [-0.05, 0) is 44.4 Å². The van der Waals surface area contributed by atoms with Crippen molar-refractivity contribution in [2.75, 3.05) is 11.9 Å². The van der Waals surface area contributed by atoms with Gasteiger partial charge < -0.3 is 16.8 Å². The highest BCUT2D eigenvalue weighted by Gasteiger charge is 2.14. The molecule has 0 aromatic heterocycles. The van der Waals surface area contributed by atoms with Crippen molar-refractivity contribution in [1.29, 1.82) is 0 Å². The molecular weight excluding hydrogens is 214 g/mol. The topological polar surface area (TPSA) is 81.1 Å². The van der Waals surface area contributed by atoms with Crippen LogP contribution in [0.15, 0.2) is 24.3 Å². The van der Waals surface area contributed by atoms with Crippen LogP contribution in [0.5, 0.6) is 0 Å². The zero-order chi connectivity index (χ0) is 12.7. The van der Waals surface area contributed by atoms with E-state index in [2.05, 4.69) is 5.32 Å². The fourth-order valence-corrected chi connectivity index (χ4v) is 1.70. The van der Waals surface area contributed by atoms with E-state index >= 15 is 0 Å². The summed E-state index contributed by atoms with van der Waals surface area (Å²) in [6.07, 6.45) is 2.54. The summed E-state index contributed by atoms with van der Waals surface area (Å²) in [5.41, 5.74) is 12.9. The summed E-state index contributed by atoms with van der Waals surface area (Å²) in [6, 6.07) is 7.54. The van der Waals surface area contributed by atoms with E-state index in [0.717, 1.165) is 30.5 Å². The summed E-state index contributed by atoms with van der Waals surface area (Å²) in [5.74, 6) is -0.315. The van der Waals surface area contributed by atoms with Crippen molar-refractivity contribution in [3.63, 3.8) is 0 Å². The number of benzene rings is 1. The van der Waals surface area contributed by atoms with Crippen LogP contribution in [0.3, 0.4) is 0 Å². The maximum Gasteiger partial charge on any atom is 0.239 e. The highest BCUT2D eigenvalue weighted by atomic mass is 16.1. The average molecular weight is 235 g/mol. The summed E-state index contributed by atoms with van der Waals surface area (Å²) >= 11 is 0. The fraction of sp³-hybridized carbons (Fsp3) is 0.462. The maximum atomic E-state index is 11.3. The third-order valence-corrected chi connectivity index (χ3v) is 2.77. The predicted molar refractivity (Wildman–Crippen MR) is 70.7 cm³/mol. The van der Waals surface area contributed by atoms with Gasteiger partial charge in [0.2, 0.25) is 5.91 Å². The minimum absolute atomic E-state index is 0.315. The van der Waals surface area contributed by atoms with Crippen molar-refractivity contribution in [2.45, 2.75) is 32.2 Å². The Morgan fingerprint density at radius 3 is 2.65 bits per heavy atom. The zero-order valence-electron chi connectivity index (χ0n) is 10.3. The number of para-hydroxylation sites is 1. The van der Waals surface area contributed by atoms with Crippen LogP contribution in [0.25, 0.3) is 0 Å². The number of nitrogens with one attached hydrogen (secondary N) is 1. The van der Waals surface area contributed by atoms with Crippen LogP contribution in [0, 0.1) is 6.92 Å². The second kappa shape index (κ2) is 6.91. The van der Waals surface area contributed by atoms with Crippen LogP contribution in [-0.2, 0) is 4.79 Å². The van der Waals surface area contributed by atoms with Crippen molar-refractivity contribution in [3.8, 4) is 0 Å². The molecule has 1 atom stereocenters. The predicted octanol–water partition coefficient (Wildman–Crippen LogP) is 1.39. The van der Waals surface area contributed by atoms with Gasteiger partial charge in [0.15, 0.2) is 0 Å². The lowest BCUT2D eigenvalue weighted by molar-refractivity contribution is -0.118. The summed E-state index contributed by atoms with van der Waals surface area (Å²) < 4.78 is 0. The molecule has 0 aliphatic heterocycles. The number of carbonyl (C=O) groups excluding carboxylic acids is 1. The van der Waals surface area contributed by atoms with E-state index in [4.69, 9.17) is 11.5 Å². The van der Waals surface area contributed by atoms with Crippen molar-refractivity contribution in [3.05, 3.63) is 29.8 Å². The summed E-state index contributed by atoms with van der Waals surface area (Å²) in [5, 5.41) is 3.19. The van der Waals surface area contributed by atoms with E-state index in [9.17, 15) is 4.79 Å². The highest BCUT2D eigenvalue weighted by Crippen LogP contribution is 2.16. The van der Waals surface area contributed by atoms with Crippen LogP contribution in [-0.4, -0.2) is 18.5 Å². The van der Waals surface area contributed by atoms with Crippen molar-refractivity contribution in [2.24, 2.45) is 11.5 Å². The molecule has 0 fully saturated rings. The smallest absolute Gasteiger partial charge is 0.239 e. The van der Waals surface area contributed by atoms with E-state index in [-0.39, 0.29) is 11.9 Å². The van der Waals surface area contributed by atoms with Gasteiger partial charge in [-0.2, -0.15) is 0 Å². The number of hydrogen-bond donors (Lipinski definition) is 3. The first-order valence-electron chi connectivity index (χ1n) is 5.96.